The number of anilines is 3. The quantitative estimate of drug-likeness (QED) is 0.545. The number of aryl methyl sites for hydroxylation is 1. The van der Waals surface area contributed by atoms with Crippen LogP contribution in [0.2, 0.25) is 0 Å². The van der Waals surface area contributed by atoms with E-state index in [1.54, 1.807) is 0 Å². The molecule has 6 heteroatoms. The van der Waals surface area contributed by atoms with Crippen LogP contribution in [0.1, 0.15) is 28.3 Å². The van der Waals surface area contributed by atoms with Crippen LogP contribution in [-0.2, 0) is 16.0 Å². The molecule has 0 aromatic heterocycles. The number of amides is 2. The smallest absolute Gasteiger partial charge is 0.313 e. The van der Waals surface area contributed by atoms with E-state index in [9.17, 15) is 9.59 Å². The van der Waals surface area contributed by atoms with Crippen molar-refractivity contribution in [1.82, 2.24) is 5.32 Å². The third-order valence-electron chi connectivity index (χ3n) is 6.61. The molecule has 0 radical (unpaired) electrons. The molecule has 0 saturated heterocycles. The van der Waals surface area contributed by atoms with Crippen LogP contribution in [-0.4, -0.2) is 39.0 Å². The van der Waals surface area contributed by atoms with Crippen LogP contribution in [0.25, 0.3) is 0 Å². The van der Waals surface area contributed by atoms with Crippen molar-refractivity contribution in [3.8, 4) is 0 Å². The summed E-state index contributed by atoms with van der Waals surface area (Å²) in [5, 5.41) is 5.63. The Labute approximate surface area is 201 Å². The fraction of sp³-hybridized carbons (Fsp3) is 0.286. The molecule has 1 unspecified atom stereocenters. The number of nitrogens with zero attached hydrogens (tertiary/aromatic N) is 2. The Hall–Kier alpha value is -3.80. The number of hydrogen-bond donors (Lipinski definition) is 2. The monoisotopic (exact) mass is 456 g/mol. The number of hydrogen-bond acceptors (Lipinski definition) is 4. The summed E-state index contributed by atoms with van der Waals surface area (Å²) in [5.74, 6) is -1.29. The summed E-state index contributed by atoms with van der Waals surface area (Å²) in [5.41, 5.74) is 7.36. The minimum Gasteiger partial charge on any atom is -0.378 e. The average molecular weight is 457 g/mol. The second-order valence-electron chi connectivity index (χ2n) is 8.99. The van der Waals surface area contributed by atoms with Crippen molar-refractivity contribution in [1.29, 1.82) is 0 Å². The van der Waals surface area contributed by atoms with Gasteiger partial charge in [-0.1, -0.05) is 42.5 Å². The maximum Gasteiger partial charge on any atom is 0.313 e. The molecule has 6 nitrogen and oxygen atoms in total. The summed E-state index contributed by atoms with van der Waals surface area (Å²) in [7, 11) is 4.02. The topological polar surface area (TPSA) is 64.7 Å². The summed E-state index contributed by atoms with van der Waals surface area (Å²) >= 11 is 0. The van der Waals surface area contributed by atoms with Gasteiger partial charge in [-0.2, -0.15) is 0 Å². The Morgan fingerprint density at radius 2 is 1.68 bits per heavy atom. The van der Waals surface area contributed by atoms with E-state index < -0.39 is 11.8 Å². The normalized spacial score (nSPS) is 13.2. The Balaban J connectivity index is 1.52. The zero-order chi connectivity index (χ0) is 24.2. The van der Waals surface area contributed by atoms with Gasteiger partial charge in [-0.05, 0) is 66.8 Å². The number of carbonyl (C=O) groups is 2. The Morgan fingerprint density at radius 1 is 0.941 bits per heavy atom. The molecule has 34 heavy (non-hydrogen) atoms. The van der Waals surface area contributed by atoms with Crippen LogP contribution in [0.4, 0.5) is 17.1 Å². The molecule has 1 aliphatic heterocycles. The molecule has 176 valence electrons. The summed E-state index contributed by atoms with van der Waals surface area (Å²) in [6, 6.07) is 22.3. The molecule has 1 atom stereocenters. The first-order chi connectivity index (χ1) is 16.3. The third kappa shape index (κ3) is 4.91. The predicted octanol–water partition coefficient (Wildman–Crippen LogP) is 4.23. The molecule has 0 aliphatic carbocycles. The van der Waals surface area contributed by atoms with Crippen molar-refractivity contribution in [2.45, 2.75) is 26.3 Å². The van der Waals surface area contributed by atoms with Gasteiger partial charge in [0.15, 0.2) is 0 Å². The van der Waals surface area contributed by atoms with Crippen LogP contribution in [0.5, 0.6) is 0 Å². The van der Waals surface area contributed by atoms with Crippen molar-refractivity contribution in [3.63, 3.8) is 0 Å². The highest BCUT2D eigenvalue weighted by Gasteiger charge is 2.28. The maximum atomic E-state index is 12.7. The van der Waals surface area contributed by atoms with Gasteiger partial charge in [-0.15, -0.1) is 0 Å². The molecule has 1 aliphatic rings. The van der Waals surface area contributed by atoms with Gasteiger partial charge in [-0.25, -0.2) is 0 Å². The van der Waals surface area contributed by atoms with Crippen LogP contribution < -0.4 is 20.4 Å². The van der Waals surface area contributed by atoms with E-state index in [1.165, 1.54) is 11.3 Å². The zero-order valence-corrected chi connectivity index (χ0v) is 20.3. The van der Waals surface area contributed by atoms with Crippen molar-refractivity contribution in [3.05, 3.63) is 89.0 Å². The second kappa shape index (κ2) is 10.00. The van der Waals surface area contributed by atoms with E-state index in [0.29, 0.717) is 12.2 Å². The van der Waals surface area contributed by atoms with Gasteiger partial charge in [0, 0.05) is 44.2 Å². The Bertz CT molecular complexity index is 1190. The predicted molar refractivity (Wildman–Crippen MR) is 139 cm³/mol. The van der Waals surface area contributed by atoms with Crippen molar-refractivity contribution >= 4 is 28.9 Å². The summed E-state index contributed by atoms with van der Waals surface area (Å²) in [4.78, 5) is 29.7. The minimum atomic E-state index is -0.655. The Morgan fingerprint density at radius 3 is 2.41 bits per heavy atom. The van der Waals surface area contributed by atoms with Crippen molar-refractivity contribution < 1.29 is 9.59 Å². The van der Waals surface area contributed by atoms with Gasteiger partial charge in [0.1, 0.15) is 0 Å². The molecule has 2 amide bonds. The van der Waals surface area contributed by atoms with E-state index in [2.05, 4.69) is 62.9 Å². The highest BCUT2D eigenvalue weighted by molar-refractivity contribution is 6.39. The van der Waals surface area contributed by atoms with E-state index in [0.717, 1.165) is 35.3 Å². The molecular weight excluding hydrogens is 424 g/mol. The minimum absolute atomic E-state index is 0.0858. The van der Waals surface area contributed by atoms with Crippen molar-refractivity contribution in [2.75, 3.05) is 42.3 Å². The van der Waals surface area contributed by atoms with E-state index in [4.69, 9.17) is 0 Å². The molecule has 0 fully saturated rings. The molecule has 0 saturated carbocycles. The summed E-state index contributed by atoms with van der Waals surface area (Å²) < 4.78 is 0. The summed E-state index contributed by atoms with van der Waals surface area (Å²) in [6.07, 6.45) is 0.962. The number of carbonyl (C=O) groups excluding carboxylic acids is 2. The molecule has 4 rings (SSSR count). The van der Waals surface area contributed by atoms with Gasteiger partial charge >= 0.3 is 11.8 Å². The van der Waals surface area contributed by atoms with E-state index >= 15 is 0 Å². The fourth-order valence-electron chi connectivity index (χ4n) is 4.43. The van der Waals surface area contributed by atoms with Crippen LogP contribution >= 0.6 is 0 Å². The highest BCUT2D eigenvalue weighted by atomic mass is 16.2. The van der Waals surface area contributed by atoms with Crippen LogP contribution in [0, 0.1) is 13.8 Å². The molecule has 2 N–H and O–H groups in total. The second-order valence-corrected chi connectivity index (χ2v) is 8.99. The number of para-hydroxylation sites is 1. The van der Waals surface area contributed by atoms with Gasteiger partial charge in [0.2, 0.25) is 0 Å². The molecule has 0 spiro atoms. The van der Waals surface area contributed by atoms with Gasteiger partial charge in [0.25, 0.3) is 0 Å². The third-order valence-corrected chi connectivity index (χ3v) is 6.61. The zero-order valence-electron chi connectivity index (χ0n) is 20.3. The van der Waals surface area contributed by atoms with E-state index in [1.807, 2.05) is 52.2 Å². The fourth-order valence-corrected chi connectivity index (χ4v) is 4.43. The lowest BCUT2D eigenvalue weighted by molar-refractivity contribution is -0.136. The first-order valence-electron chi connectivity index (χ1n) is 11.6. The van der Waals surface area contributed by atoms with Gasteiger partial charge in [-0.3, -0.25) is 9.59 Å². The standard InChI is InChI=1S/C28H32N4O2/c1-19-8-7-10-24(20(19)2)30-28(34)27(33)29-18-26(22-12-14-23(15-13-22)31(3)4)32-17-16-21-9-5-6-11-25(21)32/h5-15,26H,16-18H2,1-4H3,(H,29,33)(H,30,34). The number of rotatable bonds is 6. The Kier molecular flexibility index (Phi) is 6.87. The molecule has 3 aromatic rings. The molecule has 1 heterocycles. The number of fused-ring (bicyclic) bond motifs is 1. The van der Waals surface area contributed by atoms with E-state index in [-0.39, 0.29) is 6.04 Å². The SMILES string of the molecule is Cc1cccc(NC(=O)C(=O)NCC(c2ccc(N(C)C)cc2)N2CCc3ccccc32)c1C. The molecular formula is C28H32N4O2. The molecule has 0 bridgehead atoms. The highest BCUT2D eigenvalue weighted by Crippen LogP contribution is 2.35. The number of benzene rings is 3. The first-order valence-corrected chi connectivity index (χ1v) is 11.6. The van der Waals surface area contributed by atoms with Gasteiger partial charge < -0.3 is 20.4 Å². The lowest BCUT2D eigenvalue weighted by Gasteiger charge is -2.31. The average Bonchev–Trinajstić information content (AvgIpc) is 3.26. The lowest BCUT2D eigenvalue weighted by atomic mass is 10.0. The van der Waals surface area contributed by atoms with Gasteiger partial charge in [0.05, 0.1) is 6.04 Å². The largest absolute Gasteiger partial charge is 0.378 e. The lowest BCUT2D eigenvalue weighted by Crippen LogP contribution is -2.41. The molecule has 3 aromatic carbocycles. The number of nitrogens with one attached hydrogen (secondary N) is 2. The summed E-state index contributed by atoms with van der Waals surface area (Å²) in [6.45, 7) is 5.10. The van der Waals surface area contributed by atoms with Crippen LogP contribution in [0.3, 0.4) is 0 Å². The van der Waals surface area contributed by atoms with Crippen LogP contribution in [0.15, 0.2) is 66.7 Å². The van der Waals surface area contributed by atoms with Crippen molar-refractivity contribution in [2.24, 2.45) is 0 Å². The maximum absolute atomic E-state index is 12.7. The first kappa shape index (κ1) is 23.4.